The highest BCUT2D eigenvalue weighted by Gasteiger charge is 2.27. The van der Waals surface area contributed by atoms with Gasteiger partial charge in [-0.05, 0) is 36.1 Å². The smallest absolute Gasteiger partial charge is 0.313 e. The molecule has 0 heterocycles. The molecule has 1 saturated carbocycles. The van der Waals surface area contributed by atoms with Crippen LogP contribution in [0.25, 0.3) is 22.3 Å². The summed E-state index contributed by atoms with van der Waals surface area (Å²) >= 11 is 3.39. The average Bonchev–Trinajstić information content (AvgIpc) is 2.80. The van der Waals surface area contributed by atoms with Crippen LogP contribution in [0.1, 0.15) is 25.7 Å². The van der Waals surface area contributed by atoms with Gasteiger partial charge in [-0.3, -0.25) is 4.79 Å². The first-order valence-electron chi connectivity index (χ1n) is 10.6. The molecule has 2 atom stereocenters. The highest BCUT2D eigenvalue weighted by molar-refractivity contribution is 8.04. The van der Waals surface area contributed by atoms with Gasteiger partial charge < -0.3 is 10.2 Å². The maximum atomic E-state index is 11.1. The van der Waals surface area contributed by atoms with Crippen LogP contribution in [0.2, 0.25) is 0 Å². The average molecular weight is 451 g/mol. The molecule has 1 fully saturated rings. The summed E-state index contributed by atoms with van der Waals surface area (Å²) in [6.45, 7) is 0. The molecule has 1 aliphatic rings. The fraction of sp³-hybridized carbons (Fsp3) is 0.269. The van der Waals surface area contributed by atoms with Gasteiger partial charge in [0.2, 0.25) is 0 Å². The lowest BCUT2D eigenvalue weighted by atomic mass is 9.97. The Labute approximate surface area is 191 Å². The van der Waals surface area contributed by atoms with Gasteiger partial charge in [-0.15, -0.1) is 23.5 Å². The van der Waals surface area contributed by atoms with E-state index in [0.717, 1.165) is 46.4 Å². The third kappa shape index (κ3) is 5.46. The van der Waals surface area contributed by atoms with Crippen molar-refractivity contribution in [2.24, 2.45) is 0 Å². The maximum absolute atomic E-state index is 11.1. The molecule has 1 aliphatic carbocycles. The van der Waals surface area contributed by atoms with E-state index >= 15 is 0 Å². The highest BCUT2D eigenvalue weighted by Crippen LogP contribution is 2.45. The lowest BCUT2D eigenvalue weighted by Gasteiger charge is -2.30. The van der Waals surface area contributed by atoms with Gasteiger partial charge in [-0.2, -0.15) is 0 Å². The normalized spacial score (nSPS) is 18.6. The Bertz CT molecular complexity index is 961. The van der Waals surface area contributed by atoms with E-state index in [0.29, 0.717) is 16.2 Å². The van der Waals surface area contributed by atoms with E-state index in [1.165, 1.54) is 6.42 Å². The Balaban J connectivity index is 1.70. The van der Waals surface area contributed by atoms with E-state index in [1.807, 2.05) is 72.4 Å². The minimum absolute atomic E-state index is 0.155. The number of phenolic OH excluding ortho intramolecular Hbond substituents is 1. The summed E-state index contributed by atoms with van der Waals surface area (Å²) in [5.41, 5.74) is 3.63. The lowest BCUT2D eigenvalue weighted by Crippen LogP contribution is -2.25. The van der Waals surface area contributed by atoms with Gasteiger partial charge >= 0.3 is 5.97 Å². The number of carboxylic acids is 1. The monoisotopic (exact) mass is 450 g/mol. The standard InChI is InChI=1S/C26H26O3S2/c27-25(28)17-30-23-13-7-8-14-24(23)31-20-15-21(18-9-3-1-4-10-18)26(29)22(16-20)19-11-5-2-6-12-19/h1-6,9-12,15-16,23-24,29H,7-8,13-14,17H2,(H,27,28)/t23-,24-/m1/s1. The molecule has 0 radical (unpaired) electrons. The van der Waals surface area contributed by atoms with Crippen LogP contribution in [0.15, 0.2) is 77.7 Å². The van der Waals surface area contributed by atoms with Crippen LogP contribution in [0, 0.1) is 0 Å². The Hall–Kier alpha value is -2.37. The molecule has 0 unspecified atom stereocenters. The van der Waals surface area contributed by atoms with E-state index in [1.54, 1.807) is 11.8 Å². The fourth-order valence-corrected chi connectivity index (χ4v) is 6.83. The summed E-state index contributed by atoms with van der Waals surface area (Å²) in [7, 11) is 0. The predicted octanol–water partition coefficient (Wildman–Crippen LogP) is 6.95. The molecule has 4 rings (SSSR count). The van der Waals surface area contributed by atoms with Crippen LogP contribution < -0.4 is 0 Å². The first-order chi connectivity index (χ1) is 15.1. The summed E-state index contributed by atoms with van der Waals surface area (Å²) in [5, 5.41) is 21.0. The van der Waals surface area contributed by atoms with Gasteiger partial charge in [0.15, 0.2) is 0 Å². The van der Waals surface area contributed by atoms with Crippen molar-refractivity contribution in [2.45, 2.75) is 41.1 Å². The zero-order valence-electron chi connectivity index (χ0n) is 17.2. The minimum atomic E-state index is -0.748. The maximum Gasteiger partial charge on any atom is 0.313 e. The summed E-state index contributed by atoms with van der Waals surface area (Å²) < 4.78 is 0. The number of rotatable bonds is 7. The van der Waals surface area contributed by atoms with E-state index in [9.17, 15) is 9.90 Å². The number of thioether (sulfide) groups is 2. The summed E-state index contributed by atoms with van der Waals surface area (Å²) in [6.07, 6.45) is 4.49. The van der Waals surface area contributed by atoms with Gasteiger partial charge in [0.25, 0.3) is 0 Å². The summed E-state index contributed by atoms with van der Waals surface area (Å²) in [6, 6.07) is 24.1. The molecule has 0 saturated heterocycles. The molecule has 0 bridgehead atoms. The highest BCUT2D eigenvalue weighted by atomic mass is 32.2. The summed E-state index contributed by atoms with van der Waals surface area (Å²) in [5.74, 6) is -0.300. The number of aromatic hydroxyl groups is 1. The number of carboxylic acid groups (broad SMARTS) is 1. The van der Waals surface area contributed by atoms with Crippen molar-refractivity contribution in [1.82, 2.24) is 0 Å². The Morgan fingerprint density at radius 3 is 1.87 bits per heavy atom. The number of phenols is 1. The molecule has 2 N–H and O–H groups in total. The van der Waals surface area contributed by atoms with E-state index in [4.69, 9.17) is 5.11 Å². The largest absolute Gasteiger partial charge is 0.507 e. The lowest BCUT2D eigenvalue weighted by molar-refractivity contribution is -0.133. The minimum Gasteiger partial charge on any atom is -0.507 e. The second-order valence-corrected chi connectivity index (χ2v) is 10.3. The van der Waals surface area contributed by atoms with E-state index in [-0.39, 0.29) is 5.75 Å². The molecule has 5 heteroatoms. The van der Waals surface area contributed by atoms with Gasteiger partial charge in [0.1, 0.15) is 5.75 Å². The van der Waals surface area contributed by atoms with Crippen LogP contribution in [-0.4, -0.2) is 32.4 Å². The molecule has 3 nitrogen and oxygen atoms in total. The quantitative estimate of drug-likeness (QED) is 0.408. The van der Waals surface area contributed by atoms with E-state index in [2.05, 4.69) is 12.1 Å². The number of hydrogen-bond donors (Lipinski definition) is 2. The molecule has 0 aromatic heterocycles. The molecule has 31 heavy (non-hydrogen) atoms. The van der Waals surface area contributed by atoms with Crippen molar-refractivity contribution >= 4 is 29.5 Å². The Kier molecular flexibility index (Phi) is 7.25. The SMILES string of the molecule is O=C(O)CS[C@@H]1CCCC[C@H]1Sc1cc(-c2ccccc2)c(O)c(-c2ccccc2)c1. The number of hydrogen-bond acceptors (Lipinski definition) is 4. The van der Waals surface area contributed by atoms with Crippen molar-refractivity contribution in [1.29, 1.82) is 0 Å². The molecule has 0 aliphatic heterocycles. The molecule has 3 aromatic carbocycles. The molecular weight excluding hydrogens is 424 g/mol. The number of carbonyl (C=O) groups is 1. The molecule has 3 aromatic rings. The number of benzene rings is 3. The van der Waals surface area contributed by atoms with Crippen LogP contribution in [-0.2, 0) is 4.79 Å². The van der Waals surface area contributed by atoms with Crippen LogP contribution in [0.3, 0.4) is 0 Å². The summed E-state index contributed by atoms with van der Waals surface area (Å²) in [4.78, 5) is 12.2. The predicted molar refractivity (Wildman–Crippen MR) is 131 cm³/mol. The third-order valence-electron chi connectivity index (χ3n) is 5.60. The Morgan fingerprint density at radius 1 is 0.839 bits per heavy atom. The van der Waals surface area contributed by atoms with Crippen LogP contribution in [0.5, 0.6) is 5.75 Å². The zero-order chi connectivity index (χ0) is 21.6. The van der Waals surface area contributed by atoms with Crippen LogP contribution in [0.4, 0.5) is 0 Å². The van der Waals surface area contributed by atoms with Gasteiger partial charge in [0.05, 0.1) is 5.75 Å². The topological polar surface area (TPSA) is 57.5 Å². The van der Waals surface area contributed by atoms with Gasteiger partial charge in [-0.1, -0.05) is 73.5 Å². The van der Waals surface area contributed by atoms with Gasteiger partial charge in [-0.25, -0.2) is 0 Å². The Morgan fingerprint density at radius 2 is 1.35 bits per heavy atom. The first kappa shape index (κ1) is 21.8. The number of aliphatic carboxylic acids is 1. The van der Waals surface area contributed by atoms with E-state index < -0.39 is 5.97 Å². The molecular formula is C26H26O3S2. The second kappa shape index (κ2) is 10.3. The van der Waals surface area contributed by atoms with Crippen LogP contribution >= 0.6 is 23.5 Å². The molecule has 160 valence electrons. The van der Waals surface area contributed by atoms with Crippen molar-refractivity contribution in [3.63, 3.8) is 0 Å². The third-order valence-corrected chi connectivity index (χ3v) is 8.56. The second-order valence-electron chi connectivity index (χ2n) is 7.78. The first-order valence-corrected chi connectivity index (χ1v) is 12.5. The van der Waals surface area contributed by atoms with Crippen molar-refractivity contribution in [3.8, 4) is 28.0 Å². The fourth-order valence-electron chi connectivity index (χ4n) is 4.09. The van der Waals surface area contributed by atoms with Crippen molar-refractivity contribution in [2.75, 3.05) is 5.75 Å². The van der Waals surface area contributed by atoms with Gasteiger partial charge in [0, 0.05) is 26.5 Å². The molecule has 0 spiro atoms. The molecule has 0 amide bonds. The zero-order valence-corrected chi connectivity index (χ0v) is 18.9. The van der Waals surface area contributed by atoms with Crippen molar-refractivity contribution in [3.05, 3.63) is 72.8 Å². The van der Waals surface area contributed by atoms with Crippen molar-refractivity contribution < 1.29 is 15.0 Å².